The van der Waals surface area contributed by atoms with Crippen molar-refractivity contribution in [2.24, 2.45) is 0 Å². The van der Waals surface area contributed by atoms with Crippen molar-refractivity contribution in [1.82, 2.24) is 4.98 Å². The number of phenolic OH excluding ortho intramolecular Hbond substituents is 1. The molecule has 1 aromatic carbocycles. The number of aryl methyl sites for hydroxylation is 1. The topological polar surface area (TPSA) is 53.4 Å². The van der Waals surface area contributed by atoms with Gasteiger partial charge in [0.15, 0.2) is 0 Å². The van der Waals surface area contributed by atoms with Gasteiger partial charge in [0.25, 0.3) is 0 Å². The molecule has 0 fully saturated rings. The molecule has 1 heterocycles. The number of hydrogen-bond donors (Lipinski definition) is 2. The van der Waals surface area contributed by atoms with Crippen LogP contribution in [-0.2, 0) is 13.0 Å². The molecule has 2 rings (SSSR count). The Labute approximate surface area is 111 Å². The molecule has 0 aliphatic heterocycles. The minimum Gasteiger partial charge on any atom is -0.507 e. The molecule has 0 aliphatic carbocycles. The van der Waals surface area contributed by atoms with Crippen molar-refractivity contribution in [3.63, 3.8) is 0 Å². The van der Waals surface area contributed by atoms with E-state index >= 15 is 0 Å². The molecule has 0 spiro atoms. The van der Waals surface area contributed by atoms with Crippen molar-refractivity contribution in [2.75, 3.05) is 0 Å². The second kappa shape index (κ2) is 5.80. The maximum atomic E-state index is 13.1. The van der Waals surface area contributed by atoms with Crippen LogP contribution in [0, 0.1) is 5.82 Å². The zero-order valence-electron chi connectivity index (χ0n) is 10.7. The first-order chi connectivity index (χ1) is 9.17. The molecule has 2 aromatic rings. The molecule has 1 aromatic heterocycles. The fourth-order valence-corrected chi connectivity index (χ4v) is 2.19. The van der Waals surface area contributed by atoms with E-state index < -0.39 is 5.82 Å². The lowest BCUT2D eigenvalue weighted by atomic mass is 9.94. The second-order valence-corrected chi connectivity index (χ2v) is 4.40. The summed E-state index contributed by atoms with van der Waals surface area (Å²) < 4.78 is 13.1. The van der Waals surface area contributed by atoms with Crippen LogP contribution in [0.25, 0.3) is 11.1 Å². The highest BCUT2D eigenvalue weighted by atomic mass is 19.1. The Hall–Kier alpha value is -1.94. The molecule has 4 heteroatoms. The van der Waals surface area contributed by atoms with Gasteiger partial charge in [-0.3, -0.25) is 4.98 Å². The molecule has 19 heavy (non-hydrogen) atoms. The van der Waals surface area contributed by atoms with E-state index in [0.29, 0.717) is 11.1 Å². The third kappa shape index (κ3) is 2.74. The lowest BCUT2D eigenvalue weighted by Crippen LogP contribution is -1.98. The van der Waals surface area contributed by atoms with E-state index in [4.69, 9.17) is 0 Å². The number of rotatable bonds is 4. The summed E-state index contributed by atoms with van der Waals surface area (Å²) in [6.07, 6.45) is 5.00. The van der Waals surface area contributed by atoms with Crippen molar-refractivity contribution in [3.8, 4) is 16.9 Å². The Bertz CT molecular complexity index is 584. The van der Waals surface area contributed by atoms with E-state index in [2.05, 4.69) is 4.98 Å². The standard InChI is InChI=1S/C15H16FNO2/c1-2-3-10-7-17-8-11(9-18)15(10)13-5-4-12(16)6-14(13)19/h4-8,18-19H,2-3,9H2,1H3. The van der Waals surface area contributed by atoms with Crippen LogP contribution in [0.3, 0.4) is 0 Å². The summed E-state index contributed by atoms with van der Waals surface area (Å²) in [5.41, 5.74) is 2.84. The van der Waals surface area contributed by atoms with Crippen molar-refractivity contribution >= 4 is 0 Å². The quantitative estimate of drug-likeness (QED) is 0.889. The Kier molecular flexibility index (Phi) is 4.12. The number of hydrogen-bond acceptors (Lipinski definition) is 3. The van der Waals surface area contributed by atoms with E-state index in [1.807, 2.05) is 6.92 Å². The van der Waals surface area contributed by atoms with Gasteiger partial charge < -0.3 is 10.2 Å². The number of aliphatic hydroxyl groups excluding tert-OH is 1. The van der Waals surface area contributed by atoms with Gasteiger partial charge in [0.05, 0.1) is 6.61 Å². The van der Waals surface area contributed by atoms with Gasteiger partial charge in [-0.15, -0.1) is 0 Å². The summed E-state index contributed by atoms with van der Waals surface area (Å²) in [6, 6.07) is 3.90. The average molecular weight is 261 g/mol. The van der Waals surface area contributed by atoms with Gasteiger partial charge in [0, 0.05) is 29.6 Å². The van der Waals surface area contributed by atoms with Crippen LogP contribution >= 0.6 is 0 Å². The maximum Gasteiger partial charge on any atom is 0.126 e. The lowest BCUT2D eigenvalue weighted by Gasteiger charge is -2.14. The summed E-state index contributed by atoms with van der Waals surface area (Å²) in [6.45, 7) is 1.87. The predicted octanol–water partition coefficient (Wildman–Crippen LogP) is 3.04. The van der Waals surface area contributed by atoms with E-state index in [-0.39, 0.29) is 12.4 Å². The van der Waals surface area contributed by atoms with E-state index in [0.717, 1.165) is 30.0 Å². The monoisotopic (exact) mass is 261 g/mol. The van der Waals surface area contributed by atoms with Crippen LogP contribution in [0.5, 0.6) is 5.75 Å². The van der Waals surface area contributed by atoms with Crippen LogP contribution in [0.1, 0.15) is 24.5 Å². The first-order valence-corrected chi connectivity index (χ1v) is 6.22. The Morgan fingerprint density at radius 2 is 1.95 bits per heavy atom. The number of nitrogens with zero attached hydrogens (tertiary/aromatic N) is 1. The smallest absolute Gasteiger partial charge is 0.126 e. The Balaban J connectivity index is 2.64. The highest BCUT2D eigenvalue weighted by molar-refractivity contribution is 5.75. The molecular weight excluding hydrogens is 245 g/mol. The molecule has 0 aliphatic rings. The summed E-state index contributed by atoms with van der Waals surface area (Å²) in [5, 5.41) is 19.3. The molecule has 3 nitrogen and oxygen atoms in total. The summed E-state index contributed by atoms with van der Waals surface area (Å²) >= 11 is 0. The third-order valence-corrected chi connectivity index (χ3v) is 3.02. The summed E-state index contributed by atoms with van der Waals surface area (Å²) in [4.78, 5) is 4.09. The van der Waals surface area contributed by atoms with Gasteiger partial charge in [-0.25, -0.2) is 4.39 Å². The zero-order valence-corrected chi connectivity index (χ0v) is 10.7. The van der Waals surface area contributed by atoms with Gasteiger partial charge in [0.1, 0.15) is 11.6 Å². The normalized spacial score (nSPS) is 10.7. The van der Waals surface area contributed by atoms with Gasteiger partial charge in [0.2, 0.25) is 0 Å². The van der Waals surface area contributed by atoms with E-state index in [1.165, 1.54) is 12.1 Å². The van der Waals surface area contributed by atoms with Gasteiger partial charge in [-0.1, -0.05) is 13.3 Å². The number of halogens is 1. The average Bonchev–Trinajstić information content (AvgIpc) is 2.39. The minimum atomic E-state index is -0.488. The highest BCUT2D eigenvalue weighted by Gasteiger charge is 2.14. The number of benzene rings is 1. The van der Waals surface area contributed by atoms with E-state index in [1.54, 1.807) is 12.4 Å². The number of aromatic nitrogens is 1. The molecule has 0 bridgehead atoms. The molecule has 0 amide bonds. The summed E-state index contributed by atoms with van der Waals surface area (Å²) in [7, 11) is 0. The molecule has 100 valence electrons. The van der Waals surface area contributed by atoms with Crippen molar-refractivity contribution in [2.45, 2.75) is 26.4 Å². The lowest BCUT2D eigenvalue weighted by molar-refractivity contribution is 0.282. The van der Waals surface area contributed by atoms with Crippen molar-refractivity contribution in [1.29, 1.82) is 0 Å². The highest BCUT2D eigenvalue weighted by Crippen LogP contribution is 2.35. The SMILES string of the molecule is CCCc1cncc(CO)c1-c1ccc(F)cc1O. The van der Waals surface area contributed by atoms with Crippen molar-refractivity contribution < 1.29 is 14.6 Å². The minimum absolute atomic E-state index is 0.127. The molecule has 0 atom stereocenters. The number of aliphatic hydroxyl groups is 1. The zero-order chi connectivity index (χ0) is 13.8. The maximum absolute atomic E-state index is 13.1. The molecule has 0 radical (unpaired) electrons. The molecule has 0 saturated heterocycles. The largest absolute Gasteiger partial charge is 0.507 e. The molecular formula is C15H16FNO2. The van der Waals surface area contributed by atoms with Crippen LogP contribution in [0.2, 0.25) is 0 Å². The van der Waals surface area contributed by atoms with Crippen LogP contribution in [0.4, 0.5) is 4.39 Å². The molecule has 2 N–H and O–H groups in total. The van der Waals surface area contributed by atoms with E-state index in [9.17, 15) is 14.6 Å². The second-order valence-electron chi connectivity index (χ2n) is 4.40. The summed E-state index contributed by atoms with van der Waals surface area (Å²) in [5.74, 6) is -0.615. The molecule has 0 saturated carbocycles. The number of phenols is 1. The Morgan fingerprint density at radius 1 is 1.21 bits per heavy atom. The van der Waals surface area contributed by atoms with Gasteiger partial charge in [-0.05, 0) is 29.7 Å². The first-order valence-electron chi connectivity index (χ1n) is 6.22. The first kappa shape index (κ1) is 13.5. The van der Waals surface area contributed by atoms with Crippen LogP contribution < -0.4 is 0 Å². The van der Waals surface area contributed by atoms with Crippen LogP contribution in [-0.4, -0.2) is 15.2 Å². The number of aromatic hydroxyl groups is 1. The third-order valence-electron chi connectivity index (χ3n) is 3.02. The molecule has 0 unspecified atom stereocenters. The Morgan fingerprint density at radius 3 is 2.58 bits per heavy atom. The predicted molar refractivity (Wildman–Crippen MR) is 71.2 cm³/mol. The van der Waals surface area contributed by atoms with Crippen LogP contribution in [0.15, 0.2) is 30.6 Å². The number of pyridine rings is 1. The fourth-order valence-electron chi connectivity index (χ4n) is 2.19. The van der Waals surface area contributed by atoms with Gasteiger partial charge in [-0.2, -0.15) is 0 Å². The fraction of sp³-hybridized carbons (Fsp3) is 0.267. The van der Waals surface area contributed by atoms with Gasteiger partial charge >= 0.3 is 0 Å². The van der Waals surface area contributed by atoms with Crippen molar-refractivity contribution in [3.05, 3.63) is 47.5 Å².